The molecule has 0 unspecified atom stereocenters. The van der Waals surface area contributed by atoms with Gasteiger partial charge < -0.3 is 4.42 Å². The van der Waals surface area contributed by atoms with Crippen molar-refractivity contribution in [1.29, 1.82) is 0 Å². The Morgan fingerprint density at radius 1 is 1.50 bits per heavy atom. The Morgan fingerprint density at radius 2 is 2.20 bits per heavy atom. The number of rotatable bonds is 2. The van der Waals surface area contributed by atoms with Crippen LogP contribution >= 0.6 is 0 Å². The summed E-state index contributed by atoms with van der Waals surface area (Å²) in [4.78, 5) is 0. The standard InChI is InChI=1S/C5H6F2N2O/c1-2-3-8-9-5(10-3)4(6)7/h4H,2H2,1H3. The van der Waals surface area contributed by atoms with Gasteiger partial charge in [-0.25, -0.2) is 0 Å². The number of hydrogen-bond acceptors (Lipinski definition) is 3. The molecule has 0 bridgehead atoms. The maximum Gasteiger partial charge on any atom is 0.314 e. The second-order valence-corrected chi connectivity index (χ2v) is 1.69. The molecule has 1 rings (SSSR count). The van der Waals surface area contributed by atoms with Crippen LogP contribution in [0, 0.1) is 0 Å². The van der Waals surface area contributed by atoms with E-state index in [0.29, 0.717) is 6.42 Å². The van der Waals surface area contributed by atoms with Crippen LogP contribution in [0.4, 0.5) is 8.78 Å². The molecule has 0 atom stereocenters. The van der Waals surface area contributed by atoms with Gasteiger partial charge in [-0.3, -0.25) is 0 Å². The van der Waals surface area contributed by atoms with Gasteiger partial charge in [-0.05, 0) is 0 Å². The zero-order valence-corrected chi connectivity index (χ0v) is 5.34. The third-order valence-corrected chi connectivity index (χ3v) is 0.972. The minimum atomic E-state index is -2.66. The Hall–Kier alpha value is -1.00. The van der Waals surface area contributed by atoms with Crippen molar-refractivity contribution in [2.75, 3.05) is 0 Å². The average molecular weight is 148 g/mol. The van der Waals surface area contributed by atoms with Crippen LogP contribution in [0.2, 0.25) is 0 Å². The van der Waals surface area contributed by atoms with E-state index < -0.39 is 12.3 Å². The summed E-state index contributed by atoms with van der Waals surface area (Å²) in [5.74, 6) is -0.354. The maximum atomic E-state index is 11.7. The highest BCUT2D eigenvalue weighted by atomic mass is 19.3. The number of aromatic nitrogens is 2. The summed E-state index contributed by atoms with van der Waals surface area (Å²) in [6.45, 7) is 1.75. The van der Waals surface area contributed by atoms with Crippen molar-refractivity contribution in [3.8, 4) is 0 Å². The van der Waals surface area contributed by atoms with Crippen molar-refractivity contribution < 1.29 is 13.2 Å². The lowest BCUT2D eigenvalue weighted by Gasteiger charge is -1.86. The Kier molecular flexibility index (Phi) is 1.94. The molecule has 3 nitrogen and oxygen atoms in total. The highest BCUT2D eigenvalue weighted by molar-refractivity contribution is 4.81. The van der Waals surface area contributed by atoms with E-state index in [1.807, 2.05) is 0 Å². The van der Waals surface area contributed by atoms with Gasteiger partial charge in [0.25, 0.3) is 5.89 Å². The summed E-state index contributed by atoms with van der Waals surface area (Å²) in [6, 6.07) is 0. The van der Waals surface area contributed by atoms with Crippen LogP contribution in [0.15, 0.2) is 4.42 Å². The van der Waals surface area contributed by atoms with Gasteiger partial charge in [0.1, 0.15) is 0 Å². The van der Waals surface area contributed by atoms with Gasteiger partial charge >= 0.3 is 6.43 Å². The quantitative estimate of drug-likeness (QED) is 0.638. The molecule has 0 N–H and O–H groups in total. The van der Waals surface area contributed by atoms with Gasteiger partial charge in [-0.2, -0.15) is 8.78 Å². The molecular formula is C5H6F2N2O. The molecule has 1 aromatic rings. The van der Waals surface area contributed by atoms with Crippen LogP contribution in [-0.4, -0.2) is 10.2 Å². The molecule has 0 aromatic carbocycles. The lowest BCUT2D eigenvalue weighted by atomic mass is 10.5. The third kappa shape index (κ3) is 1.29. The number of hydrogen-bond donors (Lipinski definition) is 0. The van der Waals surface area contributed by atoms with Gasteiger partial charge in [-0.1, -0.05) is 6.92 Å². The van der Waals surface area contributed by atoms with Crippen LogP contribution in [-0.2, 0) is 6.42 Å². The molecule has 5 heteroatoms. The van der Waals surface area contributed by atoms with E-state index in [2.05, 4.69) is 14.6 Å². The fourth-order valence-corrected chi connectivity index (χ4v) is 0.498. The summed E-state index contributed by atoms with van der Waals surface area (Å²) in [6.07, 6.45) is -2.17. The van der Waals surface area contributed by atoms with Gasteiger partial charge in [0.2, 0.25) is 5.89 Å². The van der Waals surface area contributed by atoms with E-state index in [0.717, 1.165) is 0 Å². The highest BCUT2D eigenvalue weighted by Gasteiger charge is 2.14. The first-order valence-corrected chi connectivity index (χ1v) is 2.84. The summed E-state index contributed by atoms with van der Waals surface area (Å²) in [5, 5.41) is 6.48. The molecule has 1 heterocycles. The van der Waals surface area contributed by atoms with Crippen LogP contribution in [0.25, 0.3) is 0 Å². The SMILES string of the molecule is CCc1nnc(C(F)F)o1. The van der Waals surface area contributed by atoms with Crippen molar-refractivity contribution in [3.63, 3.8) is 0 Å². The summed E-state index contributed by atoms with van der Waals surface area (Å²) in [7, 11) is 0. The first-order chi connectivity index (χ1) is 4.74. The molecule has 0 aliphatic rings. The van der Waals surface area contributed by atoms with Gasteiger partial charge in [-0.15, -0.1) is 10.2 Å². The van der Waals surface area contributed by atoms with Crippen molar-refractivity contribution in [2.45, 2.75) is 19.8 Å². The van der Waals surface area contributed by atoms with Gasteiger partial charge in [0.15, 0.2) is 0 Å². The van der Waals surface area contributed by atoms with Crippen molar-refractivity contribution in [3.05, 3.63) is 11.8 Å². The predicted octanol–water partition coefficient (Wildman–Crippen LogP) is 1.57. The molecule has 0 amide bonds. The largest absolute Gasteiger partial charge is 0.420 e. The average Bonchev–Trinajstić information content (AvgIpc) is 2.34. The minimum Gasteiger partial charge on any atom is -0.420 e. The van der Waals surface area contributed by atoms with E-state index in [9.17, 15) is 8.78 Å². The van der Waals surface area contributed by atoms with Crippen LogP contribution in [0.5, 0.6) is 0 Å². The Balaban J connectivity index is 2.78. The molecule has 0 fully saturated rings. The summed E-state index contributed by atoms with van der Waals surface area (Å²) >= 11 is 0. The molecule has 0 radical (unpaired) electrons. The maximum absolute atomic E-state index is 11.7. The van der Waals surface area contributed by atoms with E-state index in [1.54, 1.807) is 6.92 Å². The van der Waals surface area contributed by atoms with Crippen molar-refractivity contribution >= 4 is 0 Å². The van der Waals surface area contributed by atoms with Crippen LogP contribution in [0.3, 0.4) is 0 Å². The van der Waals surface area contributed by atoms with Crippen LogP contribution in [0.1, 0.15) is 25.1 Å². The second-order valence-electron chi connectivity index (χ2n) is 1.69. The fourth-order valence-electron chi connectivity index (χ4n) is 0.498. The van der Waals surface area contributed by atoms with Gasteiger partial charge in [0, 0.05) is 6.42 Å². The van der Waals surface area contributed by atoms with Gasteiger partial charge in [0.05, 0.1) is 0 Å². The Labute approximate surface area is 56.1 Å². The number of nitrogens with zero attached hydrogens (tertiary/aromatic N) is 2. The Morgan fingerprint density at radius 3 is 2.50 bits per heavy atom. The fraction of sp³-hybridized carbons (Fsp3) is 0.600. The Bertz CT molecular complexity index is 211. The van der Waals surface area contributed by atoms with Crippen molar-refractivity contribution in [1.82, 2.24) is 10.2 Å². The number of aryl methyl sites for hydroxylation is 1. The monoisotopic (exact) mass is 148 g/mol. The molecule has 56 valence electrons. The van der Waals surface area contributed by atoms with E-state index in [-0.39, 0.29) is 5.89 Å². The molecule has 0 saturated heterocycles. The molecule has 0 saturated carbocycles. The molecule has 0 aliphatic heterocycles. The van der Waals surface area contributed by atoms with E-state index in [1.165, 1.54) is 0 Å². The smallest absolute Gasteiger partial charge is 0.314 e. The second kappa shape index (κ2) is 2.72. The van der Waals surface area contributed by atoms with E-state index in [4.69, 9.17) is 0 Å². The lowest BCUT2D eigenvalue weighted by Crippen LogP contribution is -1.81. The topological polar surface area (TPSA) is 38.9 Å². The summed E-state index contributed by atoms with van der Waals surface area (Å²) in [5.41, 5.74) is 0. The normalized spacial score (nSPS) is 10.8. The highest BCUT2D eigenvalue weighted by Crippen LogP contribution is 2.16. The number of halogens is 2. The lowest BCUT2D eigenvalue weighted by molar-refractivity contribution is 0.113. The first kappa shape index (κ1) is 7.11. The van der Waals surface area contributed by atoms with E-state index >= 15 is 0 Å². The molecule has 1 aromatic heterocycles. The number of alkyl halides is 2. The zero-order valence-electron chi connectivity index (χ0n) is 5.34. The predicted molar refractivity (Wildman–Crippen MR) is 28.6 cm³/mol. The first-order valence-electron chi connectivity index (χ1n) is 2.84. The molecule has 0 aliphatic carbocycles. The molecular weight excluding hydrogens is 142 g/mol. The van der Waals surface area contributed by atoms with Crippen molar-refractivity contribution in [2.24, 2.45) is 0 Å². The zero-order chi connectivity index (χ0) is 7.56. The summed E-state index contributed by atoms with van der Waals surface area (Å²) < 4.78 is 28.0. The molecule has 10 heavy (non-hydrogen) atoms. The third-order valence-electron chi connectivity index (χ3n) is 0.972. The minimum absolute atomic E-state index is 0.246. The molecule has 0 spiro atoms. The van der Waals surface area contributed by atoms with Crippen LogP contribution < -0.4 is 0 Å².